The van der Waals surface area contributed by atoms with Gasteiger partial charge in [0.25, 0.3) is 0 Å². The van der Waals surface area contributed by atoms with E-state index >= 15 is 0 Å². The van der Waals surface area contributed by atoms with Crippen molar-refractivity contribution >= 4 is 17.6 Å². The summed E-state index contributed by atoms with van der Waals surface area (Å²) in [6, 6.07) is 8.08. The van der Waals surface area contributed by atoms with E-state index in [1.807, 2.05) is 29.2 Å². The zero-order valence-corrected chi connectivity index (χ0v) is 17.8. The number of rotatable bonds is 13. The van der Waals surface area contributed by atoms with Crippen molar-refractivity contribution in [2.75, 3.05) is 4.90 Å². The van der Waals surface area contributed by atoms with Crippen LogP contribution in [0.3, 0.4) is 0 Å². The zero-order chi connectivity index (χ0) is 21.1. The maximum atomic E-state index is 12.6. The topological polar surface area (TPSA) is 77.8 Å². The van der Waals surface area contributed by atoms with Crippen LogP contribution in [-0.2, 0) is 9.59 Å². The van der Waals surface area contributed by atoms with E-state index in [1.165, 1.54) is 0 Å². The number of anilines is 1. The summed E-state index contributed by atoms with van der Waals surface area (Å²) in [5.41, 5.74) is 1.85. The van der Waals surface area contributed by atoms with Gasteiger partial charge in [0.15, 0.2) is 0 Å². The van der Waals surface area contributed by atoms with E-state index in [0.717, 1.165) is 81.9 Å². The second-order valence-corrected chi connectivity index (χ2v) is 8.26. The molecule has 0 spiro atoms. The molecular formula is C24H37NO4. The molecule has 1 heterocycles. The van der Waals surface area contributed by atoms with E-state index in [1.54, 1.807) is 0 Å². The highest BCUT2D eigenvalue weighted by atomic mass is 16.4. The first-order chi connectivity index (χ1) is 14.0. The molecule has 5 heteroatoms. The molecule has 2 atom stereocenters. The fourth-order valence-electron chi connectivity index (χ4n) is 4.19. The van der Waals surface area contributed by atoms with Gasteiger partial charge in [0.1, 0.15) is 0 Å². The Balaban J connectivity index is 1.90. The van der Waals surface area contributed by atoms with Crippen LogP contribution in [0.2, 0.25) is 0 Å². The van der Waals surface area contributed by atoms with Crippen LogP contribution in [0.25, 0.3) is 0 Å². The molecule has 1 saturated heterocycles. The van der Waals surface area contributed by atoms with E-state index in [0.29, 0.717) is 6.42 Å². The lowest BCUT2D eigenvalue weighted by Crippen LogP contribution is -2.43. The Hall–Kier alpha value is -1.88. The van der Waals surface area contributed by atoms with Crippen LogP contribution in [-0.4, -0.2) is 28.1 Å². The lowest BCUT2D eigenvalue weighted by molar-refractivity contribution is -0.137. The molecule has 2 rings (SSSR count). The van der Waals surface area contributed by atoms with Gasteiger partial charge in [-0.1, -0.05) is 57.6 Å². The first-order valence-corrected chi connectivity index (χ1v) is 11.3. The summed E-state index contributed by atoms with van der Waals surface area (Å²) in [7, 11) is 0. The van der Waals surface area contributed by atoms with Gasteiger partial charge in [0.2, 0.25) is 5.91 Å². The second-order valence-electron chi connectivity index (χ2n) is 8.26. The van der Waals surface area contributed by atoms with Crippen LogP contribution in [0.1, 0.15) is 102 Å². The van der Waals surface area contributed by atoms with Gasteiger partial charge in [-0.25, -0.2) is 0 Å². The number of hydrogen-bond acceptors (Lipinski definition) is 3. The van der Waals surface area contributed by atoms with Crippen molar-refractivity contribution in [1.29, 1.82) is 0 Å². The summed E-state index contributed by atoms with van der Waals surface area (Å²) >= 11 is 0. The predicted octanol–water partition coefficient (Wildman–Crippen LogP) is 5.61. The summed E-state index contributed by atoms with van der Waals surface area (Å²) in [5, 5.41) is 19.1. The van der Waals surface area contributed by atoms with Gasteiger partial charge in [-0.15, -0.1) is 0 Å². The Morgan fingerprint density at radius 2 is 1.83 bits per heavy atom. The third-order valence-electron chi connectivity index (χ3n) is 5.88. The first kappa shape index (κ1) is 23.4. The second kappa shape index (κ2) is 12.6. The number of carbonyl (C=O) groups is 2. The van der Waals surface area contributed by atoms with Crippen molar-refractivity contribution in [1.82, 2.24) is 0 Å². The minimum absolute atomic E-state index is 0.184. The van der Waals surface area contributed by atoms with Gasteiger partial charge in [0.05, 0.1) is 6.10 Å². The molecular weight excluding hydrogens is 366 g/mol. The molecule has 1 fully saturated rings. The molecule has 1 aromatic carbocycles. The molecule has 2 N–H and O–H groups in total. The Morgan fingerprint density at radius 3 is 2.52 bits per heavy atom. The quantitative estimate of drug-likeness (QED) is 0.420. The Kier molecular flexibility index (Phi) is 10.2. The van der Waals surface area contributed by atoms with Crippen LogP contribution in [0.4, 0.5) is 5.69 Å². The number of unbranched alkanes of at least 4 members (excludes halogenated alkanes) is 5. The highest BCUT2D eigenvalue weighted by Crippen LogP contribution is 2.30. The van der Waals surface area contributed by atoms with E-state index in [-0.39, 0.29) is 18.4 Å². The molecule has 1 aliphatic heterocycles. The largest absolute Gasteiger partial charge is 0.481 e. The van der Waals surface area contributed by atoms with E-state index in [9.17, 15) is 14.7 Å². The normalized spacial score (nSPS) is 18.1. The average molecular weight is 404 g/mol. The molecule has 1 aromatic rings. The molecule has 0 radical (unpaired) electrons. The van der Waals surface area contributed by atoms with Crippen molar-refractivity contribution in [3.05, 3.63) is 29.8 Å². The molecule has 0 bridgehead atoms. The molecule has 5 nitrogen and oxygen atoms in total. The van der Waals surface area contributed by atoms with E-state index < -0.39 is 12.1 Å². The molecule has 162 valence electrons. The molecule has 0 aromatic heterocycles. The number of benzene rings is 1. The zero-order valence-electron chi connectivity index (χ0n) is 17.8. The summed E-state index contributed by atoms with van der Waals surface area (Å²) in [6.45, 7) is 2.16. The van der Waals surface area contributed by atoms with Crippen LogP contribution < -0.4 is 4.90 Å². The van der Waals surface area contributed by atoms with Crippen molar-refractivity contribution in [2.45, 2.75) is 103 Å². The lowest BCUT2D eigenvalue weighted by atomic mass is 9.94. The van der Waals surface area contributed by atoms with Crippen molar-refractivity contribution in [2.24, 2.45) is 0 Å². The third kappa shape index (κ3) is 7.81. The number of aliphatic hydroxyl groups is 1. The molecule has 1 amide bonds. The Bertz CT molecular complexity index is 628. The number of amides is 1. The number of hydrogen-bond donors (Lipinski definition) is 2. The summed E-state index contributed by atoms with van der Waals surface area (Å²) in [4.78, 5) is 25.2. The summed E-state index contributed by atoms with van der Waals surface area (Å²) in [6.07, 6.45) is 11.1. The molecule has 29 heavy (non-hydrogen) atoms. The number of aliphatic hydroxyl groups excluding tert-OH is 1. The maximum Gasteiger partial charge on any atom is 0.303 e. The SMILES string of the molecule is CCCCCC(O)c1ccc(N2C(=O)CCCC2CCCCCCC(=O)O)cc1. The van der Waals surface area contributed by atoms with Crippen molar-refractivity contribution < 1.29 is 19.8 Å². The van der Waals surface area contributed by atoms with Crippen LogP contribution >= 0.6 is 0 Å². The number of carbonyl (C=O) groups excluding carboxylic acids is 1. The van der Waals surface area contributed by atoms with Crippen molar-refractivity contribution in [3.8, 4) is 0 Å². The van der Waals surface area contributed by atoms with E-state index in [4.69, 9.17) is 5.11 Å². The van der Waals surface area contributed by atoms with Crippen LogP contribution in [0.5, 0.6) is 0 Å². The number of aliphatic carboxylic acids is 1. The number of carboxylic acid groups (broad SMARTS) is 1. The fourth-order valence-corrected chi connectivity index (χ4v) is 4.19. The number of carboxylic acids is 1. The Labute approximate surface area is 175 Å². The van der Waals surface area contributed by atoms with Gasteiger partial charge >= 0.3 is 5.97 Å². The van der Waals surface area contributed by atoms with Crippen molar-refractivity contribution in [3.63, 3.8) is 0 Å². The van der Waals surface area contributed by atoms with Gasteiger partial charge < -0.3 is 15.1 Å². The highest BCUT2D eigenvalue weighted by Gasteiger charge is 2.28. The monoisotopic (exact) mass is 403 g/mol. The van der Waals surface area contributed by atoms with Gasteiger partial charge in [-0.05, 0) is 49.8 Å². The minimum atomic E-state index is -0.729. The Morgan fingerprint density at radius 1 is 1.10 bits per heavy atom. The van der Waals surface area contributed by atoms with Gasteiger partial charge in [-0.3, -0.25) is 9.59 Å². The fraction of sp³-hybridized carbons (Fsp3) is 0.667. The molecule has 0 aliphatic carbocycles. The lowest BCUT2D eigenvalue weighted by Gasteiger charge is -2.36. The van der Waals surface area contributed by atoms with Gasteiger partial charge in [-0.2, -0.15) is 0 Å². The highest BCUT2D eigenvalue weighted by molar-refractivity contribution is 5.94. The third-order valence-corrected chi connectivity index (χ3v) is 5.88. The maximum absolute atomic E-state index is 12.6. The average Bonchev–Trinajstić information content (AvgIpc) is 2.71. The van der Waals surface area contributed by atoms with Crippen LogP contribution in [0, 0.1) is 0 Å². The molecule has 1 aliphatic rings. The minimum Gasteiger partial charge on any atom is -0.481 e. The number of piperidine rings is 1. The first-order valence-electron chi connectivity index (χ1n) is 11.3. The molecule has 0 saturated carbocycles. The standard InChI is InChI=1S/C24H37NO4/c1-2-3-6-12-22(26)19-15-17-21(18-16-19)25-20(11-9-13-23(25)27)10-7-4-5-8-14-24(28)29/h15-18,20,22,26H,2-14H2,1H3,(H,28,29). The van der Waals surface area contributed by atoms with E-state index in [2.05, 4.69) is 6.92 Å². The molecule has 2 unspecified atom stereocenters. The smallest absolute Gasteiger partial charge is 0.303 e. The summed E-state index contributed by atoms with van der Waals surface area (Å²) < 4.78 is 0. The van der Waals surface area contributed by atoms with Gasteiger partial charge in [0, 0.05) is 24.6 Å². The number of nitrogens with zero attached hydrogens (tertiary/aromatic N) is 1. The summed E-state index contributed by atoms with van der Waals surface area (Å²) in [5.74, 6) is -0.545. The van der Waals surface area contributed by atoms with Crippen LogP contribution in [0.15, 0.2) is 24.3 Å². The predicted molar refractivity (Wildman–Crippen MR) is 116 cm³/mol.